The molecule has 1 unspecified atom stereocenters. The lowest BCUT2D eigenvalue weighted by Crippen LogP contribution is -2.18. The number of rotatable bonds is 6. The van der Waals surface area contributed by atoms with E-state index in [0.717, 1.165) is 22.4 Å². The molecule has 0 aliphatic heterocycles. The number of hydrogen-bond acceptors (Lipinski definition) is 3. The largest absolute Gasteiger partial charge is 0.481 e. The number of carboxylic acid groups (broad SMARTS) is 1. The number of carbonyl (C=O) groups is 1. The molecule has 0 aliphatic rings. The Morgan fingerprint density at radius 2 is 1.75 bits per heavy atom. The van der Waals surface area contributed by atoms with Gasteiger partial charge in [0.1, 0.15) is 0 Å². The van der Waals surface area contributed by atoms with E-state index in [1.807, 2.05) is 44.4 Å². The van der Waals surface area contributed by atoms with Crippen LogP contribution in [0.3, 0.4) is 0 Å². The van der Waals surface area contributed by atoms with Crippen molar-refractivity contribution in [3.8, 4) is 0 Å². The minimum atomic E-state index is -0.860. The zero-order chi connectivity index (χ0) is 17.7. The zero-order valence-electron chi connectivity index (χ0n) is 14.7. The fourth-order valence-electron chi connectivity index (χ4n) is 3.02. The number of carboxylic acids is 1. The topological polar surface area (TPSA) is 52.9 Å². The highest BCUT2D eigenvalue weighted by atomic mass is 16.4. The van der Waals surface area contributed by atoms with E-state index in [1.54, 1.807) is 0 Å². The van der Waals surface area contributed by atoms with Crippen molar-refractivity contribution in [2.45, 2.75) is 20.3 Å². The molecule has 0 fully saturated rings. The number of aryl methyl sites for hydroxylation is 2. The molecule has 4 nitrogen and oxygen atoms in total. The van der Waals surface area contributed by atoms with Gasteiger partial charge < -0.3 is 10.0 Å². The first kappa shape index (κ1) is 17.7. The van der Waals surface area contributed by atoms with Crippen LogP contribution in [0.25, 0.3) is 0 Å². The van der Waals surface area contributed by atoms with Gasteiger partial charge in [-0.05, 0) is 49.1 Å². The molecule has 0 saturated carbocycles. The van der Waals surface area contributed by atoms with Crippen LogP contribution in [0.15, 0.2) is 47.5 Å². The second-order valence-corrected chi connectivity index (χ2v) is 6.24. The molecular formula is C20H24N2O2. The summed E-state index contributed by atoms with van der Waals surface area (Å²) in [5.74, 6) is -1.50. The second-order valence-electron chi connectivity index (χ2n) is 6.24. The van der Waals surface area contributed by atoms with E-state index in [2.05, 4.69) is 35.9 Å². The molecule has 0 aromatic heterocycles. The van der Waals surface area contributed by atoms with Gasteiger partial charge in [0.25, 0.3) is 0 Å². The summed E-state index contributed by atoms with van der Waals surface area (Å²) in [6.45, 7) is 4.11. The van der Waals surface area contributed by atoms with Crippen LogP contribution in [-0.2, 0) is 11.2 Å². The number of anilines is 1. The highest BCUT2D eigenvalue weighted by molar-refractivity contribution is 5.90. The van der Waals surface area contributed by atoms with Crippen molar-refractivity contribution in [2.24, 2.45) is 10.9 Å². The van der Waals surface area contributed by atoms with Crippen molar-refractivity contribution in [2.75, 3.05) is 19.0 Å². The van der Waals surface area contributed by atoms with Crippen molar-refractivity contribution in [3.05, 3.63) is 59.2 Å². The summed E-state index contributed by atoms with van der Waals surface area (Å²) in [5, 5.41) is 9.49. The average Bonchev–Trinajstić information content (AvgIpc) is 2.51. The third-order valence-electron chi connectivity index (χ3n) is 3.93. The minimum Gasteiger partial charge on any atom is -0.481 e. The lowest BCUT2D eigenvalue weighted by molar-refractivity contribution is -0.139. The van der Waals surface area contributed by atoms with E-state index in [9.17, 15) is 9.90 Å². The summed E-state index contributed by atoms with van der Waals surface area (Å²) in [4.78, 5) is 18.0. The third kappa shape index (κ3) is 4.44. The highest BCUT2D eigenvalue weighted by Crippen LogP contribution is 2.25. The number of aliphatic imine (C=N–C) groups is 1. The SMILES string of the molecule is Cc1cc(CC(C=Nc2ccccc2)C(=O)O)cc(C)c1N(C)C. The maximum atomic E-state index is 11.6. The van der Waals surface area contributed by atoms with Gasteiger partial charge in [0, 0.05) is 26.0 Å². The first-order valence-corrected chi connectivity index (χ1v) is 7.98. The molecule has 0 aliphatic carbocycles. The molecule has 1 N–H and O–H groups in total. The summed E-state index contributed by atoms with van der Waals surface area (Å²) in [6, 6.07) is 13.5. The standard InChI is InChI=1S/C20H24N2O2/c1-14-10-16(11-15(2)19(14)22(3)4)12-17(20(23)24)13-21-18-8-6-5-7-9-18/h5-11,13,17H,12H2,1-4H3,(H,23,24). The Balaban J connectivity index is 2.22. The number of nitrogens with zero attached hydrogens (tertiary/aromatic N) is 2. The molecule has 126 valence electrons. The van der Waals surface area contributed by atoms with Crippen LogP contribution in [0, 0.1) is 19.8 Å². The smallest absolute Gasteiger partial charge is 0.312 e. The number of benzene rings is 2. The van der Waals surface area contributed by atoms with Crippen LogP contribution in [0.4, 0.5) is 11.4 Å². The molecular weight excluding hydrogens is 300 g/mol. The average molecular weight is 324 g/mol. The van der Waals surface area contributed by atoms with Gasteiger partial charge in [0.05, 0.1) is 11.6 Å². The summed E-state index contributed by atoms with van der Waals surface area (Å²) < 4.78 is 0. The Bertz CT molecular complexity index is 714. The van der Waals surface area contributed by atoms with Crippen molar-refractivity contribution >= 4 is 23.6 Å². The molecule has 0 bridgehead atoms. The van der Waals surface area contributed by atoms with Crippen LogP contribution in [-0.4, -0.2) is 31.4 Å². The zero-order valence-corrected chi connectivity index (χ0v) is 14.7. The second kappa shape index (κ2) is 7.77. The van der Waals surface area contributed by atoms with Gasteiger partial charge in [0.15, 0.2) is 0 Å². The molecule has 2 aromatic rings. The van der Waals surface area contributed by atoms with Gasteiger partial charge >= 0.3 is 5.97 Å². The van der Waals surface area contributed by atoms with Gasteiger partial charge in [-0.1, -0.05) is 30.3 Å². The van der Waals surface area contributed by atoms with E-state index in [4.69, 9.17) is 0 Å². The molecule has 2 rings (SSSR count). The Hall–Kier alpha value is -2.62. The monoisotopic (exact) mass is 324 g/mol. The molecule has 4 heteroatoms. The lowest BCUT2D eigenvalue weighted by atomic mass is 9.96. The molecule has 0 amide bonds. The van der Waals surface area contributed by atoms with Gasteiger partial charge in [-0.2, -0.15) is 0 Å². The number of hydrogen-bond donors (Lipinski definition) is 1. The molecule has 1 atom stereocenters. The maximum absolute atomic E-state index is 11.6. The van der Waals surface area contributed by atoms with Crippen LogP contribution in [0.5, 0.6) is 0 Å². The molecule has 0 heterocycles. The van der Waals surface area contributed by atoms with E-state index >= 15 is 0 Å². The fraction of sp³-hybridized carbons (Fsp3) is 0.300. The quantitative estimate of drug-likeness (QED) is 0.817. The predicted octanol–water partition coefficient (Wildman–Crippen LogP) is 4.02. The highest BCUT2D eigenvalue weighted by Gasteiger charge is 2.17. The fourth-order valence-corrected chi connectivity index (χ4v) is 3.02. The lowest BCUT2D eigenvalue weighted by Gasteiger charge is -2.20. The Kier molecular flexibility index (Phi) is 5.74. The normalized spacial score (nSPS) is 12.3. The Morgan fingerprint density at radius 3 is 2.25 bits per heavy atom. The maximum Gasteiger partial charge on any atom is 0.312 e. The number of aliphatic carboxylic acids is 1. The molecule has 24 heavy (non-hydrogen) atoms. The van der Waals surface area contributed by atoms with Crippen LogP contribution >= 0.6 is 0 Å². The van der Waals surface area contributed by atoms with Gasteiger partial charge in [-0.3, -0.25) is 9.79 Å². The predicted molar refractivity (Wildman–Crippen MR) is 99.7 cm³/mol. The van der Waals surface area contributed by atoms with Gasteiger partial charge in [-0.25, -0.2) is 0 Å². The van der Waals surface area contributed by atoms with Gasteiger partial charge in [0.2, 0.25) is 0 Å². The van der Waals surface area contributed by atoms with Crippen LogP contribution in [0.2, 0.25) is 0 Å². The van der Waals surface area contributed by atoms with E-state index in [0.29, 0.717) is 6.42 Å². The van der Waals surface area contributed by atoms with E-state index < -0.39 is 11.9 Å². The molecule has 0 saturated heterocycles. The van der Waals surface area contributed by atoms with Gasteiger partial charge in [-0.15, -0.1) is 0 Å². The Morgan fingerprint density at radius 1 is 1.17 bits per heavy atom. The molecule has 2 aromatic carbocycles. The molecule has 0 radical (unpaired) electrons. The van der Waals surface area contributed by atoms with Crippen molar-refractivity contribution < 1.29 is 9.90 Å². The Labute approximate surface area is 143 Å². The van der Waals surface area contributed by atoms with E-state index in [1.165, 1.54) is 11.9 Å². The van der Waals surface area contributed by atoms with Crippen molar-refractivity contribution in [1.82, 2.24) is 0 Å². The van der Waals surface area contributed by atoms with E-state index in [-0.39, 0.29) is 0 Å². The summed E-state index contributed by atoms with van der Waals surface area (Å²) in [5.41, 5.74) is 5.27. The first-order valence-electron chi connectivity index (χ1n) is 7.98. The minimum absolute atomic E-state index is 0.432. The van der Waals surface area contributed by atoms with Crippen LogP contribution in [0.1, 0.15) is 16.7 Å². The summed E-state index contributed by atoms with van der Waals surface area (Å²) in [6.07, 6.45) is 1.96. The molecule has 0 spiro atoms. The van der Waals surface area contributed by atoms with Crippen LogP contribution < -0.4 is 4.90 Å². The third-order valence-corrected chi connectivity index (χ3v) is 3.93. The van der Waals surface area contributed by atoms with Crippen molar-refractivity contribution in [3.63, 3.8) is 0 Å². The summed E-state index contributed by atoms with van der Waals surface area (Å²) >= 11 is 0. The number of para-hydroxylation sites is 1. The van der Waals surface area contributed by atoms with Crippen molar-refractivity contribution in [1.29, 1.82) is 0 Å². The first-order chi connectivity index (χ1) is 11.4. The summed E-state index contributed by atoms with van der Waals surface area (Å²) in [7, 11) is 4.03.